The van der Waals surface area contributed by atoms with Gasteiger partial charge in [-0.3, -0.25) is 4.99 Å². The van der Waals surface area contributed by atoms with Gasteiger partial charge in [-0.1, -0.05) is 18.2 Å². The first-order valence-corrected chi connectivity index (χ1v) is 8.82. The summed E-state index contributed by atoms with van der Waals surface area (Å²) in [6.45, 7) is 6.14. The van der Waals surface area contributed by atoms with E-state index in [4.69, 9.17) is 9.15 Å². The van der Waals surface area contributed by atoms with Crippen LogP contribution in [0.15, 0.2) is 52.1 Å². The first kappa shape index (κ1) is 21.6. The summed E-state index contributed by atoms with van der Waals surface area (Å²) >= 11 is 0. The van der Waals surface area contributed by atoms with E-state index >= 15 is 0 Å². The molecule has 6 nitrogen and oxygen atoms in total. The van der Waals surface area contributed by atoms with Gasteiger partial charge >= 0.3 is 0 Å². The fourth-order valence-corrected chi connectivity index (χ4v) is 3.22. The molecule has 27 heavy (non-hydrogen) atoms. The summed E-state index contributed by atoms with van der Waals surface area (Å²) in [6.07, 6.45) is 2.36. The fraction of sp³-hybridized carbons (Fsp3) is 0.450. The highest BCUT2D eigenvalue weighted by Gasteiger charge is 2.34. The third kappa shape index (κ3) is 5.16. The van der Waals surface area contributed by atoms with E-state index in [0.29, 0.717) is 11.7 Å². The van der Waals surface area contributed by atoms with Crippen molar-refractivity contribution in [3.63, 3.8) is 0 Å². The number of nitrogens with one attached hydrogen (secondary N) is 2. The van der Waals surface area contributed by atoms with E-state index in [0.717, 1.165) is 17.7 Å². The van der Waals surface area contributed by atoms with Crippen molar-refractivity contribution in [1.82, 2.24) is 10.6 Å². The maximum atomic E-state index is 10.6. The summed E-state index contributed by atoms with van der Waals surface area (Å²) in [5, 5.41) is 17.3. The molecule has 0 amide bonds. The predicted octanol–water partition coefficient (Wildman–Crippen LogP) is 3.57. The van der Waals surface area contributed by atoms with Crippen molar-refractivity contribution in [1.29, 1.82) is 0 Å². The smallest absolute Gasteiger partial charge is 0.191 e. The largest absolute Gasteiger partial charge is 0.487 e. The van der Waals surface area contributed by atoms with Gasteiger partial charge in [0.15, 0.2) is 5.96 Å². The highest BCUT2D eigenvalue weighted by Crippen LogP contribution is 2.39. The molecule has 2 unspecified atom stereocenters. The molecule has 0 radical (unpaired) electrons. The number of nitrogens with zero attached hydrogens (tertiary/aromatic N) is 1. The zero-order chi connectivity index (χ0) is 18.8. The number of hydrogen-bond acceptors (Lipinski definition) is 4. The van der Waals surface area contributed by atoms with Crippen molar-refractivity contribution in [3.05, 3.63) is 54.0 Å². The van der Waals surface area contributed by atoms with Gasteiger partial charge in [-0.05, 0) is 39.0 Å². The van der Waals surface area contributed by atoms with Crippen LogP contribution in [-0.2, 0) is 5.60 Å². The van der Waals surface area contributed by atoms with E-state index in [1.165, 1.54) is 0 Å². The number of guanidine groups is 1. The highest BCUT2D eigenvalue weighted by atomic mass is 127. The van der Waals surface area contributed by atoms with E-state index in [2.05, 4.69) is 35.5 Å². The first-order valence-electron chi connectivity index (χ1n) is 8.82. The van der Waals surface area contributed by atoms with Gasteiger partial charge in [-0.2, -0.15) is 0 Å². The summed E-state index contributed by atoms with van der Waals surface area (Å²) in [7, 11) is 1.72. The molecule has 2 atom stereocenters. The lowest BCUT2D eigenvalue weighted by molar-refractivity contribution is 0.0382. The SMILES string of the molecule is CN=C(NCC(C)(O)c1ccco1)NC1CC(C)(C)Oc2ccccc21.I. The number of furan rings is 1. The Labute approximate surface area is 177 Å². The Morgan fingerprint density at radius 2 is 2.04 bits per heavy atom. The second-order valence-corrected chi connectivity index (χ2v) is 7.48. The Balaban J connectivity index is 0.00000261. The molecule has 0 saturated carbocycles. The summed E-state index contributed by atoms with van der Waals surface area (Å²) < 4.78 is 11.4. The minimum Gasteiger partial charge on any atom is -0.487 e. The number of aliphatic hydroxyl groups is 1. The number of benzene rings is 1. The van der Waals surface area contributed by atoms with Crippen LogP contribution in [0.2, 0.25) is 0 Å². The van der Waals surface area contributed by atoms with E-state index in [-0.39, 0.29) is 42.2 Å². The van der Waals surface area contributed by atoms with Gasteiger partial charge in [-0.25, -0.2) is 0 Å². The molecule has 1 aromatic heterocycles. The number of fused-ring (bicyclic) bond motifs is 1. The normalized spacial score (nSPS) is 20.5. The number of para-hydroxylation sites is 1. The third-order valence-corrected chi connectivity index (χ3v) is 4.56. The number of ether oxygens (including phenoxy) is 1. The molecule has 0 aliphatic carbocycles. The Morgan fingerprint density at radius 3 is 2.70 bits per heavy atom. The maximum Gasteiger partial charge on any atom is 0.191 e. The van der Waals surface area contributed by atoms with E-state index < -0.39 is 5.60 Å². The summed E-state index contributed by atoms with van der Waals surface area (Å²) in [5.74, 6) is 2.02. The Morgan fingerprint density at radius 1 is 1.30 bits per heavy atom. The molecule has 0 saturated heterocycles. The van der Waals surface area contributed by atoms with Crippen LogP contribution in [0.4, 0.5) is 0 Å². The molecular weight excluding hydrogens is 457 g/mol. The molecule has 0 spiro atoms. The van der Waals surface area contributed by atoms with Gasteiger partial charge in [0.2, 0.25) is 0 Å². The van der Waals surface area contributed by atoms with Gasteiger partial charge in [-0.15, -0.1) is 24.0 Å². The Bertz CT molecular complexity index is 773. The summed E-state index contributed by atoms with van der Waals surface area (Å²) in [6, 6.07) is 11.6. The lowest BCUT2D eigenvalue weighted by Gasteiger charge is -2.38. The molecule has 2 heterocycles. The van der Waals surface area contributed by atoms with Crippen molar-refractivity contribution in [2.24, 2.45) is 4.99 Å². The van der Waals surface area contributed by atoms with E-state index in [9.17, 15) is 5.11 Å². The summed E-state index contributed by atoms with van der Waals surface area (Å²) in [4.78, 5) is 4.30. The number of aliphatic imine (C=N–C) groups is 1. The fourth-order valence-electron chi connectivity index (χ4n) is 3.22. The summed E-state index contributed by atoms with van der Waals surface area (Å²) in [5.41, 5.74) is -0.300. The number of halogens is 1. The first-order chi connectivity index (χ1) is 12.3. The molecule has 7 heteroatoms. The molecule has 1 aromatic carbocycles. The van der Waals surface area contributed by atoms with Crippen molar-refractivity contribution < 1.29 is 14.3 Å². The number of hydrogen-bond donors (Lipinski definition) is 3. The molecule has 3 rings (SSSR count). The minimum atomic E-state index is -1.13. The minimum absolute atomic E-state index is 0. The Kier molecular flexibility index (Phi) is 6.80. The maximum absolute atomic E-state index is 10.6. The van der Waals surface area contributed by atoms with Crippen LogP contribution in [0.1, 0.15) is 44.6 Å². The van der Waals surface area contributed by atoms with Crippen molar-refractivity contribution in [3.8, 4) is 5.75 Å². The monoisotopic (exact) mass is 485 g/mol. The molecule has 3 N–H and O–H groups in total. The lowest BCUT2D eigenvalue weighted by Crippen LogP contribution is -2.48. The van der Waals surface area contributed by atoms with Gasteiger partial charge in [0.25, 0.3) is 0 Å². The van der Waals surface area contributed by atoms with Crippen molar-refractivity contribution >= 4 is 29.9 Å². The second-order valence-electron chi connectivity index (χ2n) is 7.48. The van der Waals surface area contributed by atoms with Crippen LogP contribution in [0.3, 0.4) is 0 Å². The standard InChI is InChI=1S/C20H27N3O3.HI/c1-19(2)12-15(14-8-5-6-9-16(14)26-19)23-18(21-4)22-13-20(3,24)17-10-7-11-25-17;/h5-11,15,24H,12-13H2,1-4H3,(H2,21,22,23);1H. The van der Waals surface area contributed by atoms with Crippen LogP contribution < -0.4 is 15.4 Å². The molecule has 0 bridgehead atoms. The topological polar surface area (TPSA) is 79.0 Å². The average Bonchev–Trinajstić information content (AvgIpc) is 3.13. The molecule has 0 fully saturated rings. The average molecular weight is 485 g/mol. The van der Waals surface area contributed by atoms with Crippen molar-refractivity contribution in [2.45, 2.75) is 44.4 Å². The molecule has 1 aliphatic rings. The lowest BCUT2D eigenvalue weighted by atomic mass is 9.90. The number of rotatable bonds is 4. The Hall–Kier alpha value is -1.74. The second kappa shape index (κ2) is 8.52. The molecule has 148 valence electrons. The van der Waals surface area contributed by atoms with E-state index in [1.54, 1.807) is 32.4 Å². The zero-order valence-electron chi connectivity index (χ0n) is 16.2. The van der Waals surface area contributed by atoms with Crippen LogP contribution in [-0.4, -0.2) is 30.3 Å². The third-order valence-electron chi connectivity index (χ3n) is 4.56. The molecule has 1 aliphatic heterocycles. The van der Waals surface area contributed by atoms with Crippen molar-refractivity contribution in [2.75, 3.05) is 13.6 Å². The van der Waals surface area contributed by atoms with Gasteiger partial charge < -0.3 is 24.9 Å². The van der Waals surface area contributed by atoms with Gasteiger partial charge in [0, 0.05) is 19.0 Å². The zero-order valence-corrected chi connectivity index (χ0v) is 18.5. The molecular formula is C20H28IN3O3. The molecule has 2 aromatic rings. The quantitative estimate of drug-likeness (QED) is 0.351. The highest BCUT2D eigenvalue weighted by molar-refractivity contribution is 14.0. The van der Waals surface area contributed by atoms with Crippen LogP contribution in [0.5, 0.6) is 5.75 Å². The van der Waals surface area contributed by atoms with E-state index in [1.807, 2.05) is 18.2 Å². The van der Waals surface area contributed by atoms with Gasteiger partial charge in [0.1, 0.15) is 22.7 Å². The van der Waals surface area contributed by atoms with Crippen LogP contribution in [0.25, 0.3) is 0 Å². The van der Waals surface area contributed by atoms with Gasteiger partial charge in [0.05, 0.1) is 18.8 Å². The predicted molar refractivity (Wildman–Crippen MR) is 117 cm³/mol. The van der Waals surface area contributed by atoms with Crippen LogP contribution in [0, 0.1) is 0 Å². The van der Waals surface area contributed by atoms with Crippen LogP contribution >= 0.6 is 24.0 Å².